The fourth-order valence-electron chi connectivity index (χ4n) is 16.0. The Bertz CT molecular complexity index is 8530. The lowest BCUT2D eigenvalue weighted by molar-refractivity contribution is -0.138. The molecule has 144 heavy (non-hydrogen) atoms. The molecular weight excluding hydrogens is 1860 g/mol. The molecule has 760 valence electrons. The Morgan fingerprint density at radius 3 is 1.19 bits per heavy atom. The first-order valence-corrected chi connectivity index (χ1v) is 44.2. The number of nitrogens with zero attached hydrogens (tertiary/aromatic N) is 8. The maximum absolute atomic E-state index is 15.4. The lowest BCUT2D eigenvalue weighted by Gasteiger charge is -2.35. The predicted molar refractivity (Wildman–Crippen MR) is 520 cm³/mol. The Morgan fingerprint density at radius 1 is 0.375 bits per heavy atom. The zero-order chi connectivity index (χ0) is 145. The number of fused-ring (bicyclic) bond motifs is 4. The van der Waals surface area contributed by atoms with Crippen molar-refractivity contribution in [2.24, 2.45) is 0 Å². The Hall–Kier alpha value is -13.2. The number of rotatable bonds is 24. The first-order valence-electron chi connectivity index (χ1n) is 68.2. The van der Waals surface area contributed by atoms with Crippen molar-refractivity contribution in [1.29, 1.82) is 0 Å². The van der Waals surface area contributed by atoms with E-state index in [1.807, 2.05) is 5.32 Å². The van der Waals surface area contributed by atoms with Gasteiger partial charge in [0.15, 0.2) is 0 Å². The molecule has 0 spiro atoms. The van der Waals surface area contributed by atoms with Gasteiger partial charge in [-0.3, -0.25) is 98.4 Å². The third-order valence-corrected chi connectivity index (χ3v) is 22.3. The number of ether oxygens (including phenoxy) is 6. The average Bonchev–Trinajstić information content (AvgIpc) is 0.784. The molecule has 0 aromatic heterocycles. The van der Waals surface area contributed by atoms with E-state index in [1.54, 1.807) is 5.32 Å². The van der Waals surface area contributed by atoms with Crippen molar-refractivity contribution in [3.05, 3.63) is 258 Å². The van der Waals surface area contributed by atoms with E-state index in [9.17, 15) is 61.9 Å². The van der Waals surface area contributed by atoms with Gasteiger partial charge in [-0.2, -0.15) is 0 Å². The van der Waals surface area contributed by atoms with E-state index in [4.69, 9.17) is 94.2 Å². The van der Waals surface area contributed by atoms with Crippen LogP contribution in [0.5, 0.6) is 11.5 Å². The van der Waals surface area contributed by atoms with E-state index in [0.717, 1.165) is 91.8 Å². The van der Waals surface area contributed by atoms with Crippen molar-refractivity contribution in [3.8, 4) is 11.5 Å². The number of imide groups is 4. The number of carbonyl (C=O) groups is 12. The van der Waals surface area contributed by atoms with Gasteiger partial charge in [-0.15, -0.1) is 0 Å². The van der Waals surface area contributed by atoms with Gasteiger partial charge in [-0.1, -0.05) is 48.5 Å². The molecule has 12 amide bonds. The molecule has 20 rings (SSSR count). The van der Waals surface area contributed by atoms with Crippen LogP contribution in [0.25, 0.3) is 0 Å². The zero-order valence-electron chi connectivity index (χ0n) is 125. The van der Waals surface area contributed by atoms with Crippen LogP contribution < -0.4 is 41.4 Å². The molecule has 12 aliphatic rings. The number of hydrogen-bond donors (Lipinski definition) is 6. The summed E-state index contributed by atoms with van der Waals surface area (Å²) in [6, 6.07) is 16.3. The van der Waals surface area contributed by atoms with Crippen LogP contribution in [-0.4, -0.2) is 235 Å². The Labute approximate surface area is 900 Å². The number of nitrogens with one attached hydrogen (secondary N) is 6. The second-order valence-electron chi connectivity index (χ2n) is 33.0. The fraction of sp³-hybridized carbons (Fsp3) is 0.444. The van der Waals surface area contributed by atoms with Crippen molar-refractivity contribution >= 4 is 82.3 Å². The molecule has 12 aliphatic heterocycles. The second-order valence-corrected chi connectivity index (χ2v) is 33.0. The molecule has 0 saturated carbocycles. The summed E-state index contributed by atoms with van der Waals surface area (Å²) in [7, 11) is 0. The minimum atomic E-state index is -3.47. The number of benzene rings is 8. The quantitative estimate of drug-likeness (QED) is 0.0242. The number of piperidine rings is 4. The van der Waals surface area contributed by atoms with Gasteiger partial charge < -0.3 is 58.7 Å². The van der Waals surface area contributed by atoms with Crippen molar-refractivity contribution in [1.82, 2.24) is 60.5 Å². The molecule has 12 atom stereocenters. The second kappa shape index (κ2) is 45.0. The van der Waals surface area contributed by atoms with E-state index < -0.39 is 372 Å². The molecule has 12 unspecified atom stereocenters. The molecule has 36 heteroatoms. The van der Waals surface area contributed by atoms with Crippen LogP contribution in [-0.2, 0) is 136 Å². The van der Waals surface area contributed by atoms with Gasteiger partial charge in [0, 0.05) is 243 Å². The van der Waals surface area contributed by atoms with E-state index in [1.165, 1.54) is 72.8 Å². The molecule has 8 aromatic rings. The highest BCUT2D eigenvalue weighted by molar-refractivity contribution is 6.09. The summed E-state index contributed by atoms with van der Waals surface area (Å²) in [5, 5.41) is 12.4. The molecule has 8 fully saturated rings. The van der Waals surface area contributed by atoms with Gasteiger partial charge in [0.1, 0.15) is 72.1 Å². The van der Waals surface area contributed by atoms with E-state index in [-0.39, 0.29) is 103 Å². The van der Waals surface area contributed by atoms with Crippen LogP contribution in [0.3, 0.4) is 0 Å². The van der Waals surface area contributed by atoms with Gasteiger partial charge in [-0.25, -0.2) is 17.6 Å². The molecule has 0 radical (unpaired) electrons. The highest BCUT2D eigenvalue weighted by atomic mass is 19.1. The van der Waals surface area contributed by atoms with E-state index >= 15 is 13.2 Å². The number of anilines is 2. The molecule has 0 bridgehead atoms. The summed E-state index contributed by atoms with van der Waals surface area (Å²) >= 11 is 0. The van der Waals surface area contributed by atoms with Gasteiger partial charge in [0.2, 0.25) is 47.3 Å². The number of hydrogen-bond acceptors (Lipinski definition) is 24. The SMILES string of the molecule is [2H]C([2H])(Nc1cccc2c1C([2H])([2H])N(C1([2H])CCC(=O)NC1=O)C2=O)c1cc(C([2H])([2H])N2C([2H])([2H])C([2H])(C)OC([2H])(C)C2([2H])[2H])ccc1F.[2H]C([2H])(Nc1cccc2c1C([2H])([2H])N(C1CCC(=O)NC1=O)C2=O)c1cc(C([2H])([2H])N2C([2H])([2H])C([2H])(C)OC([2H])(C)C2([2H])[2H])ccc1F.[2H]C([2H])(Oc1cccc2c1C([2H])([2H])N(C1CCC(=O)NC1=O)C2=O)c1cc(C([2H])([2H])N2C([2H])([2H])C([2H])(C)OC([2H])(C)C2([2H])[2H])ccc1F.[2H]C1(C)OC([2H])(C)C([2H])([2H])N(Cc2ccc(F)c(COc3cccc4c3CN(C3([2H])C(=O)NC(=O)C([2H])([2H])C3([2H])[2H])C4=O)c2)C1([2H])[2H]. The van der Waals surface area contributed by atoms with Gasteiger partial charge in [0.05, 0.1) is 91.8 Å². The third-order valence-electron chi connectivity index (χ3n) is 22.3. The zero-order valence-corrected chi connectivity index (χ0v) is 77.3. The van der Waals surface area contributed by atoms with E-state index in [0.29, 0.717) is 60.9 Å². The largest absolute Gasteiger partial charge is 0.488 e. The molecule has 8 saturated heterocycles. The minimum absolute atomic E-state index is 0.00962. The standard InChI is InChI=1S/2C27H31FN4O4.2C27H30FN3O5/c2*1-16-12-31(13-17(2)36-16)14-18-6-7-22(28)19(10-18)11-29-23-5-3-4-20-21(23)15-32(27(20)35)24-8-9-25(33)30-26(24)34;2*1-16-11-30(12-17(2)36-16)13-18-6-7-22(28)19(10-18)15-35-24-5-3-4-20-21(24)14-31(27(20)34)23-8-9-25(32)29-26(23)33/h2*3-7,10,16-17,24,29H,8-9,11-15H2,1-2H3,(H,30,33,34);2*3-7,10,16-17,23H,8-9,11-15H2,1-2H3,(H,29,32,33)/i11D2,12D2,13D2,14D2,15D2,16D,17D,24D;2*11D2,12D2,13D2,14D2,15D2,16D,17D;8D2,9D2,11D2,12D2,16D,17D,23D. The highest BCUT2D eigenvalue weighted by Gasteiger charge is 2.46. The molecule has 32 nitrogen and oxygen atoms in total. The van der Waals surface area contributed by atoms with Crippen LogP contribution >= 0.6 is 0 Å². The minimum Gasteiger partial charge on any atom is -0.488 e. The summed E-state index contributed by atoms with van der Waals surface area (Å²) in [4.78, 5) is 154. The monoisotopic (exact) mass is 2030 g/mol. The van der Waals surface area contributed by atoms with Gasteiger partial charge >= 0.3 is 0 Å². The van der Waals surface area contributed by atoms with Crippen molar-refractivity contribution in [2.75, 3.05) is 62.6 Å². The lowest BCUT2D eigenvalue weighted by atomic mass is 10.0. The first kappa shape index (κ1) is 58.1. The maximum Gasteiger partial charge on any atom is 0.255 e. The van der Waals surface area contributed by atoms with Crippen LogP contribution in [0.4, 0.5) is 28.9 Å². The maximum atomic E-state index is 15.4. The van der Waals surface area contributed by atoms with Crippen LogP contribution in [0.2, 0.25) is 0 Å². The Balaban J connectivity index is 0.000000167. The first-order chi connectivity index (χ1) is 86.8. The molecule has 8 aromatic carbocycles. The Morgan fingerprint density at radius 2 is 0.729 bits per heavy atom. The van der Waals surface area contributed by atoms with Crippen LogP contribution in [0.15, 0.2) is 146 Å². The summed E-state index contributed by atoms with van der Waals surface area (Å²) in [6.07, 6.45) is -29.2. The van der Waals surface area contributed by atoms with Crippen molar-refractivity contribution in [3.63, 3.8) is 0 Å². The van der Waals surface area contributed by atoms with Crippen LogP contribution in [0.1, 0.15) is 281 Å². The van der Waals surface area contributed by atoms with Crippen molar-refractivity contribution in [2.45, 2.75) is 258 Å². The third kappa shape index (κ3) is 24.2. The van der Waals surface area contributed by atoms with Crippen LogP contribution in [0, 0.1) is 23.3 Å². The van der Waals surface area contributed by atoms with Crippen molar-refractivity contribution < 1.29 is 169 Å². The molecule has 0 aliphatic carbocycles. The molecule has 6 N–H and O–H groups in total. The summed E-state index contributed by atoms with van der Waals surface area (Å²) in [5.74, 6) is -17.2. The normalized spacial score (nSPS) is 39.8. The number of amides is 12. The summed E-state index contributed by atoms with van der Waals surface area (Å²) < 4.78 is 502. The lowest BCUT2D eigenvalue weighted by Crippen LogP contribution is -2.52. The fourth-order valence-corrected chi connectivity index (χ4v) is 16.0. The number of halogens is 4. The number of carbonyl (C=O) groups excluding carboxylic acids is 12. The smallest absolute Gasteiger partial charge is 0.255 e. The number of morpholine rings is 4. The average molecular weight is 2030 g/mol. The summed E-state index contributed by atoms with van der Waals surface area (Å²) in [6.45, 7) is -46.6. The topological polar surface area (TPSA) is 358 Å². The summed E-state index contributed by atoms with van der Waals surface area (Å²) in [5.41, 5.74) is -7.68. The molecule has 12 heterocycles. The van der Waals surface area contributed by atoms with Gasteiger partial charge in [-0.05, 0) is 200 Å². The van der Waals surface area contributed by atoms with E-state index in [2.05, 4.69) is 21.3 Å². The Kier molecular flexibility index (Phi) is 18.1. The van der Waals surface area contributed by atoms with Gasteiger partial charge in [0.25, 0.3) is 23.6 Å². The molecular formula is C108H122F4N14O18. The highest BCUT2D eigenvalue weighted by Crippen LogP contribution is 2.40. The predicted octanol–water partition coefficient (Wildman–Crippen LogP) is 11.2.